The predicted octanol–water partition coefficient (Wildman–Crippen LogP) is 3.84. The zero-order chi connectivity index (χ0) is 16.5. The van der Waals surface area contributed by atoms with Gasteiger partial charge >= 0.3 is 0 Å². The smallest absolute Gasteiger partial charge is 0.138 e. The van der Waals surface area contributed by atoms with Crippen LogP contribution in [0.2, 0.25) is 0 Å². The zero-order valence-corrected chi connectivity index (χ0v) is 13.6. The van der Waals surface area contributed by atoms with Gasteiger partial charge in [-0.2, -0.15) is 0 Å². The van der Waals surface area contributed by atoms with Crippen molar-refractivity contribution in [3.8, 4) is 16.9 Å². The summed E-state index contributed by atoms with van der Waals surface area (Å²) < 4.78 is 18.9. The molecule has 124 valence electrons. The molecule has 0 amide bonds. The van der Waals surface area contributed by atoms with Crippen LogP contribution in [0.5, 0.6) is 5.75 Å². The largest absolute Gasteiger partial charge is 0.496 e. The number of nitrogens with zero attached hydrogens (tertiary/aromatic N) is 1. The van der Waals surface area contributed by atoms with Gasteiger partial charge in [-0.05, 0) is 49.2 Å². The first-order chi connectivity index (χ1) is 11.8. The Morgan fingerprint density at radius 3 is 2.92 bits per heavy atom. The van der Waals surface area contributed by atoms with Crippen LogP contribution in [0.3, 0.4) is 0 Å². The molecule has 2 N–H and O–H groups in total. The summed E-state index contributed by atoms with van der Waals surface area (Å²) in [7, 11) is 1.56. The summed E-state index contributed by atoms with van der Waals surface area (Å²) in [5.74, 6) is 0.712. The second-order valence-electron chi connectivity index (χ2n) is 6.23. The van der Waals surface area contributed by atoms with Crippen LogP contribution in [-0.2, 0) is 0 Å². The van der Waals surface area contributed by atoms with Gasteiger partial charge in [0.1, 0.15) is 17.2 Å². The van der Waals surface area contributed by atoms with Gasteiger partial charge in [0.05, 0.1) is 7.11 Å². The average Bonchev–Trinajstić information content (AvgIpc) is 3.07. The van der Waals surface area contributed by atoms with Crippen molar-refractivity contribution in [2.24, 2.45) is 0 Å². The number of H-pyrrole nitrogens is 1. The number of aromatic nitrogens is 2. The molecule has 24 heavy (non-hydrogen) atoms. The van der Waals surface area contributed by atoms with Gasteiger partial charge in [0, 0.05) is 41.4 Å². The lowest BCUT2D eigenvalue weighted by Gasteiger charge is -2.21. The molecule has 0 radical (unpaired) electrons. The number of halogens is 1. The molecular formula is C19H20FN3O. The lowest BCUT2D eigenvalue weighted by Crippen LogP contribution is -2.28. The topological polar surface area (TPSA) is 49.9 Å². The number of fused-ring (bicyclic) bond motifs is 1. The first-order valence-electron chi connectivity index (χ1n) is 8.28. The second kappa shape index (κ2) is 6.24. The zero-order valence-electron chi connectivity index (χ0n) is 13.6. The van der Waals surface area contributed by atoms with E-state index in [0.717, 1.165) is 35.2 Å². The minimum atomic E-state index is -0.302. The fourth-order valence-electron chi connectivity index (χ4n) is 3.51. The minimum absolute atomic E-state index is 0.302. The molecule has 0 spiro atoms. The summed E-state index contributed by atoms with van der Waals surface area (Å²) in [5, 5.41) is 4.49. The molecule has 4 rings (SSSR count). The third-order valence-electron chi connectivity index (χ3n) is 4.74. The maximum Gasteiger partial charge on any atom is 0.138 e. The van der Waals surface area contributed by atoms with Crippen LogP contribution in [0.4, 0.5) is 4.39 Å². The fraction of sp³-hybridized carbons (Fsp3) is 0.316. The highest BCUT2D eigenvalue weighted by atomic mass is 19.1. The van der Waals surface area contributed by atoms with E-state index >= 15 is 0 Å². The van der Waals surface area contributed by atoms with Gasteiger partial charge in [0.25, 0.3) is 0 Å². The van der Waals surface area contributed by atoms with E-state index in [1.807, 2.05) is 6.07 Å². The van der Waals surface area contributed by atoms with E-state index in [2.05, 4.69) is 21.4 Å². The summed E-state index contributed by atoms with van der Waals surface area (Å²) in [6.45, 7) is 2.08. The van der Waals surface area contributed by atoms with E-state index in [0.29, 0.717) is 11.7 Å². The predicted molar refractivity (Wildman–Crippen MR) is 92.9 cm³/mol. The lowest BCUT2D eigenvalue weighted by molar-refractivity contribution is 0.413. The van der Waals surface area contributed by atoms with E-state index in [-0.39, 0.29) is 5.82 Å². The molecule has 5 heteroatoms. The molecule has 1 atom stereocenters. The van der Waals surface area contributed by atoms with Crippen molar-refractivity contribution < 1.29 is 9.13 Å². The van der Waals surface area contributed by atoms with Gasteiger partial charge in [-0.3, -0.25) is 0 Å². The molecule has 1 aromatic carbocycles. The molecular weight excluding hydrogens is 305 g/mol. The van der Waals surface area contributed by atoms with Crippen LogP contribution in [0.15, 0.2) is 36.5 Å². The Labute approximate surface area is 140 Å². The van der Waals surface area contributed by atoms with E-state index in [1.165, 1.54) is 30.7 Å². The van der Waals surface area contributed by atoms with Crippen molar-refractivity contribution in [2.45, 2.75) is 18.8 Å². The van der Waals surface area contributed by atoms with Crippen molar-refractivity contribution in [1.82, 2.24) is 15.3 Å². The number of methoxy groups -OCH3 is 1. The minimum Gasteiger partial charge on any atom is -0.496 e. The Morgan fingerprint density at radius 2 is 2.12 bits per heavy atom. The van der Waals surface area contributed by atoms with Crippen LogP contribution < -0.4 is 10.1 Å². The molecule has 3 aromatic rings. The van der Waals surface area contributed by atoms with E-state index < -0.39 is 0 Å². The molecule has 1 aliphatic rings. The number of rotatable bonds is 3. The Bertz CT molecular complexity index is 868. The second-order valence-corrected chi connectivity index (χ2v) is 6.23. The Morgan fingerprint density at radius 1 is 1.21 bits per heavy atom. The van der Waals surface area contributed by atoms with Gasteiger partial charge < -0.3 is 15.0 Å². The lowest BCUT2D eigenvalue weighted by atomic mass is 9.95. The molecule has 4 nitrogen and oxygen atoms in total. The summed E-state index contributed by atoms with van der Waals surface area (Å²) in [6, 6.07) is 8.77. The number of benzene rings is 1. The number of ether oxygens (including phenoxy) is 1. The molecule has 1 saturated heterocycles. The van der Waals surface area contributed by atoms with Crippen LogP contribution >= 0.6 is 0 Å². The SMILES string of the molecule is COc1cc(F)ccc1-c1ccnc2[nH]c([C@@H]3CCCNC3)cc12. The Kier molecular flexibility index (Phi) is 3.94. The molecule has 1 aliphatic heterocycles. The number of nitrogens with one attached hydrogen (secondary N) is 2. The van der Waals surface area contributed by atoms with Crippen molar-refractivity contribution >= 4 is 11.0 Å². The molecule has 2 aromatic heterocycles. The van der Waals surface area contributed by atoms with Crippen molar-refractivity contribution in [3.05, 3.63) is 48.0 Å². The van der Waals surface area contributed by atoms with Gasteiger partial charge in [-0.25, -0.2) is 9.37 Å². The van der Waals surface area contributed by atoms with E-state index in [4.69, 9.17) is 4.74 Å². The van der Waals surface area contributed by atoms with Gasteiger partial charge in [0.2, 0.25) is 0 Å². The van der Waals surface area contributed by atoms with Gasteiger partial charge in [-0.15, -0.1) is 0 Å². The van der Waals surface area contributed by atoms with E-state index in [1.54, 1.807) is 19.4 Å². The molecule has 1 fully saturated rings. The van der Waals surface area contributed by atoms with Crippen LogP contribution in [0.1, 0.15) is 24.5 Å². The number of hydrogen-bond donors (Lipinski definition) is 2. The van der Waals surface area contributed by atoms with Crippen molar-refractivity contribution in [1.29, 1.82) is 0 Å². The average molecular weight is 325 g/mol. The molecule has 0 unspecified atom stereocenters. The highest BCUT2D eigenvalue weighted by molar-refractivity contribution is 5.95. The number of aromatic amines is 1. The van der Waals surface area contributed by atoms with Gasteiger partial charge in [-0.1, -0.05) is 0 Å². The van der Waals surface area contributed by atoms with Gasteiger partial charge in [0.15, 0.2) is 0 Å². The number of hydrogen-bond acceptors (Lipinski definition) is 3. The summed E-state index contributed by atoms with van der Waals surface area (Å²) >= 11 is 0. The summed E-state index contributed by atoms with van der Waals surface area (Å²) in [6.07, 6.45) is 4.14. The monoisotopic (exact) mass is 325 g/mol. The standard InChI is InChI=1S/C19H20FN3O/c1-24-18-9-13(20)4-5-15(18)14-6-8-22-19-16(14)10-17(23-19)12-3-2-7-21-11-12/h4-6,8-10,12,21H,2-3,7,11H2,1H3,(H,22,23)/t12-/m1/s1. The quantitative estimate of drug-likeness (QED) is 0.769. The van der Waals surface area contributed by atoms with E-state index in [9.17, 15) is 4.39 Å². The molecule has 0 bridgehead atoms. The Balaban J connectivity index is 1.83. The maximum atomic E-state index is 13.5. The maximum absolute atomic E-state index is 13.5. The fourth-order valence-corrected chi connectivity index (χ4v) is 3.51. The summed E-state index contributed by atoms with van der Waals surface area (Å²) in [5.41, 5.74) is 3.94. The molecule has 3 heterocycles. The van der Waals surface area contributed by atoms with Crippen molar-refractivity contribution in [3.63, 3.8) is 0 Å². The summed E-state index contributed by atoms with van der Waals surface area (Å²) in [4.78, 5) is 7.92. The van der Waals surface area contributed by atoms with Crippen molar-refractivity contribution in [2.75, 3.05) is 20.2 Å². The van der Waals surface area contributed by atoms with Crippen LogP contribution in [0.25, 0.3) is 22.2 Å². The highest BCUT2D eigenvalue weighted by Crippen LogP contribution is 2.36. The third kappa shape index (κ3) is 2.65. The normalized spacial score (nSPS) is 18.0. The first-order valence-corrected chi connectivity index (χ1v) is 8.28. The number of pyridine rings is 1. The third-order valence-corrected chi connectivity index (χ3v) is 4.74. The molecule has 0 aliphatic carbocycles. The van der Waals surface area contributed by atoms with Crippen LogP contribution in [-0.4, -0.2) is 30.2 Å². The number of piperidine rings is 1. The first kappa shape index (κ1) is 15.1. The van der Waals surface area contributed by atoms with Crippen LogP contribution in [0, 0.1) is 5.82 Å². The molecule has 0 saturated carbocycles. The Hall–Kier alpha value is -2.40. The highest BCUT2D eigenvalue weighted by Gasteiger charge is 2.19.